The molecule has 3 amide bonds. The fourth-order valence-corrected chi connectivity index (χ4v) is 4.57. The number of H-pyrrole nitrogens is 1. The lowest BCUT2D eigenvalue weighted by molar-refractivity contribution is -0.138. The maximum Gasteiger partial charge on any atom is 0.416 e. The van der Waals surface area contributed by atoms with Crippen molar-refractivity contribution in [2.24, 2.45) is 0 Å². The van der Waals surface area contributed by atoms with E-state index in [9.17, 15) is 27.6 Å². The lowest BCUT2D eigenvalue weighted by Crippen LogP contribution is -2.52. The number of alkyl halides is 3. The number of aromatic amines is 1. The van der Waals surface area contributed by atoms with E-state index in [1.54, 1.807) is 24.3 Å². The van der Waals surface area contributed by atoms with Crippen molar-refractivity contribution in [3.8, 4) is 0 Å². The van der Waals surface area contributed by atoms with Crippen molar-refractivity contribution >= 4 is 17.9 Å². The molecule has 4 aromatic rings. The van der Waals surface area contributed by atoms with Gasteiger partial charge < -0.3 is 25.3 Å². The molecule has 0 radical (unpaired) electrons. The highest BCUT2D eigenvalue weighted by molar-refractivity contribution is 5.89. The van der Waals surface area contributed by atoms with Crippen LogP contribution in [0.2, 0.25) is 0 Å². The van der Waals surface area contributed by atoms with Crippen molar-refractivity contribution in [2.45, 2.75) is 44.6 Å². The molecule has 0 aliphatic rings. The van der Waals surface area contributed by atoms with Gasteiger partial charge in [0.15, 0.2) is 0 Å². The molecule has 1 aromatic heterocycles. The molecule has 1 unspecified atom stereocenters. The summed E-state index contributed by atoms with van der Waals surface area (Å²) in [6.45, 7) is 1.63. The Hall–Kier alpha value is -5.13. The van der Waals surface area contributed by atoms with E-state index in [4.69, 9.17) is 4.74 Å². The fourth-order valence-electron chi connectivity index (χ4n) is 4.57. The van der Waals surface area contributed by atoms with Crippen LogP contribution in [-0.4, -0.2) is 51.9 Å². The van der Waals surface area contributed by atoms with Crippen molar-refractivity contribution in [3.63, 3.8) is 0 Å². The third-order valence-corrected chi connectivity index (χ3v) is 7.06. The molecule has 236 valence electrons. The van der Waals surface area contributed by atoms with Crippen LogP contribution in [0.15, 0.2) is 97.5 Å². The summed E-state index contributed by atoms with van der Waals surface area (Å²) in [5.41, 5.74) is 1.83. The van der Waals surface area contributed by atoms with Crippen LogP contribution in [0, 0.1) is 0 Å². The molecule has 45 heavy (non-hydrogen) atoms. The Labute approximate surface area is 258 Å². The first kappa shape index (κ1) is 32.8. The van der Waals surface area contributed by atoms with Gasteiger partial charge in [0, 0.05) is 31.4 Å². The second-order valence-corrected chi connectivity index (χ2v) is 10.5. The summed E-state index contributed by atoms with van der Waals surface area (Å²) in [7, 11) is 0. The summed E-state index contributed by atoms with van der Waals surface area (Å²) in [6, 6.07) is 21.7. The largest absolute Gasteiger partial charge is 0.445 e. The van der Waals surface area contributed by atoms with Crippen LogP contribution in [0.25, 0.3) is 0 Å². The number of amides is 3. The van der Waals surface area contributed by atoms with Crippen molar-refractivity contribution in [3.05, 3.63) is 125 Å². The molecule has 0 spiro atoms. The van der Waals surface area contributed by atoms with Crippen molar-refractivity contribution in [2.75, 3.05) is 13.1 Å². The number of imidazole rings is 1. The Kier molecular flexibility index (Phi) is 11.3. The van der Waals surface area contributed by atoms with Crippen LogP contribution in [0.4, 0.5) is 18.0 Å². The molecule has 3 aromatic carbocycles. The third-order valence-electron chi connectivity index (χ3n) is 7.06. The highest BCUT2D eigenvalue weighted by atomic mass is 19.4. The van der Waals surface area contributed by atoms with Crippen LogP contribution >= 0.6 is 0 Å². The summed E-state index contributed by atoms with van der Waals surface area (Å²) in [5, 5.41) is 5.42. The minimum Gasteiger partial charge on any atom is -0.445 e. The number of alkyl carbamates (subject to hydrolysis) is 1. The number of benzene rings is 3. The van der Waals surface area contributed by atoms with E-state index in [0.29, 0.717) is 17.8 Å². The number of nitrogens with zero attached hydrogens (tertiary/aromatic N) is 2. The molecular formula is C33H34F3N5O4. The van der Waals surface area contributed by atoms with E-state index in [1.165, 1.54) is 29.6 Å². The number of hydrogen-bond acceptors (Lipinski definition) is 5. The number of rotatable bonds is 13. The maximum atomic E-state index is 14.0. The third kappa shape index (κ3) is 10.2. The summed E-state index contributed by atoms with van der Waals surface area (Å²) in [5.74, 6) is -1.11. The Balaban J connectivity index is 1.51. The predicted octanol–water partition coefficient (Wildman–Crippen LogP) is 5.21. The van der Waals surface area contributed by atoms with Crippen LogP contribution in [-0.2, 0) is 40.1 Å². The molecule has 2 atom stereocenters. The van der Waals surface area contributed by atoms with Gasteiger partial charge in [0.1, 0.15) is 12.6 Å². The fraction of sp³-hybridized carbons (Fsp3) is 0.273. The van der Waals surface area contributed by atoms with Crippen molar-refractivity contribution in [1.82, 2.24) is 25.5 Å². The standard InChI is InChI=1S/C33H34F3N5O4/c1-23(26-10-6-3-7-11-26)17-38-30(42)20-41(19-24-12-14-27(15-13-24)33(34,35)36)31(43)29(16-28-18-37-22-39-28)40-32(44)45-21-25-8-4-2-5-9-25/h2-15,18,22-23,29H,16-17,19-21H2,1H3,(H,37,39)(H,38,42)(H,40,44)/t23?,29-/m0/s1. The Morgan fingerprint density at radius 1 is 0.933 bits per heavy atom. The zero-order chi connectivity index (χ0) is 32.2. The monoisotopic (exact) mass is 621 g/mol. The minimum atomic E-state index is -4.53. The number of carbonyl (C=O) groups excluding carboxylic acids is 3. The first-order chi connectivity index (χ1) is 21.6. The van der Waals surface area contributed by atoms with Crippen molar-refractivity contribution < 1.29 is 32.3 Å². The topological polar surface area (TPSA) is 116 Å². The Bertz CT molecular complexity index is 1520. The molecule has 3 N–H and O–H groups in total. The molecule has 0 fully saturated rings. The lowest BCUT2D eigenvalue weighted by Gasteiger charge is -2.28. The van der Waals surface area contributed by atoms with Gasteiger partial charge in [-0.25, -0.2) is 9.78 Å². The van der Waals surface area contributed by atoms with E-state index < -0.39 is 42.2 Å². The number of nitrogens with one attached hydrogen (secondary N) is 3. The maximum absolute atomic E-state index is 14.0. The van der Waals surface area contributed by atoms with Crippen LogP contribution in [0.3, 0.4) is 0 Å². The van der Waals surface area contributed by atoms with Gasteiger partial charge in [0.25, 0.3) is 0 Å². The van der Waals surface area contributed by atoms with Gasteiger partial charge in [-0.1, -0.05) is 79.7 Å². The summed E-state index contributed by atoms with van der Waals surface area (Å²) in [4.78, 5) is 47.9. The van der Waals surface area contributed by atoms with Gasteiger partial charge in [0.2, 0.25) is 11.8 Å². The van der Waals surface area contributed by atoms with Crippen LogP contribution < -0.4 is 10.6 Å². The molecule has 12 heteroatoms. The molecule has 0 bridgehead atoms. The molecule has 9 nitrogen and oxygen atoms in total. The number of ether oxygens (including phenoxy) is 1. The molecule has 1 heterocycles. The van der Waals surface area contributed by atoms with Crippen molar-refractivity contribution in [1.29, 1.82) is 0 Å². The predicted molar refractivity (Wildman–Crippen MR) is 161 cm³/mol. The summed E-state index contributed by atoms with van der Waals surface area (Å²) < 4.78 is 44.8. The average molecular weight is 622 g/mol. The van der Waals surface area contributed by atoms with Gasteiger partial charge in [0.05, 0.1) is 18.4 Å². The van der Waals surface area contributed by atoms with Gasteiger partial charge in [-0.15, -0.1) is 0 Å². The highest BCUT2D eigenvalue weighted by Gasteiger charge is 2.31. The summed E-state index contributed by atoms with van der Waals surface area (Å²) >= 11 is 0. The quantitative estimate of drug-likeness (QED) is 0.190. The SMILES string of the molecule is CC(CNC(=O)CN(Cc1ccc(C(F)(F)F)cc1)C(=O)[C@H](Cc1cnc[nH]1)NC(=O)OCc1ccccc1)c1ccccc1. The van der Waals surface area contributed by atoms with E-state index >= 15 is 0 Å². The number of carbonyl (C=O) groups is 3. The molecule has 0 aliphatic carbocycles. The van der Waals surface area contributed by atoms with E-state index in [0.717, 1.165) is 23.3 Å². The van der Waals surface area contributed by atoms with Gasteiger partial charge in [-0.05, 0) is 34.7 Å². The van der Waals surface area contributed by atoms with E-state index in [-0.39, 0.29) is 25.5 Å². The van der Waals surface area contributed by atoms with Gasteiger partial charge in [-0.3, -0.25) is 9.59 Å². The normalized spacial score (nSPS) is 12.5. The van der Waals surface area contributed by atoms with Crippen LogP contribution in [0.1, 0.15) is 40.8 Å². The number of aromatic nitrogens is 2. The van der Waals surface area contributed by atoms with Gasteiger partial charge in [-0.2, -0.15) is 13.2 Å². The Morgan fingerprint density at radius 2 is 1.60 bits per heavy atom. The minimum absolute atomic E-state index is 0.00452. The molecule has 0 saturated heterocycles. The smallest absolute Gasteiger partial charge is 0.416 e. The first-order valence-corrected chi connectivity index (χ1v) is 14.3. The van der Waals surface area contributed by atoms with E-state index in [2.05, 4.69) is 20.6 Å². The zero-order valence-corrected chi connectivity index (χ0v) is 24.6. The zero-order valence-electron chi connectivity index (χ0n) is 24.6. The molecule has 0 aliphatic heterocycles. The lowest BCUT2D eigenvalue weighted by atomic mass is 10.0. The van der Waals surface area contributed by atoms with Crippen LogP contribution in [0.5, 0.6) is 0 Å². The second kappa shape index (κ2) is 15.6. The molecule has 4 rings (SSSR count). The average Bonchev–Trinajstić information content (AvgIpc) is 3.55. The first-order valence-electron chi connectivity index (χ1n) is 14.3. The second-order valence-electron chi connectivity index (χ2n) is 10.5. The molecular weight excluding hydrogens is 587 g/mol. The number of hydrogen-bond donors (Lipinski definition) is 3. The van der Waals surface area contributed by atoms with Gasteiger partial charge >= 0.3 is 12.3 Å². The Morgan fingerprint density at radius 3 is 2.22 bits per heavy atom. The molecule has 0 saturated carbocycles. The summed E-state index contributed by atoms with van der Waals surface area (Å²) in [6.07, 6.45) is -2.47. The van der Waals surface area contributed by atoms with E-state index in [1.807, 2.05) is 43.3 Å². The number of halogens is 3. The highest BCUT2D eigenvalue weighted by Crippen LogP contribution is 2.29.